The number of carbonyl (C=O) groups is 1. The molecule has 1 heterocycles. The fourth-order valence-electron chi connectivity index (χ4n) is 1.86. The zero-order chi connectivity index (χ0) is 10.4. The number of hydrogen-bond acceptors (Lipinski definition) is 4. The van der Waals surface area contributed by atoms with Crippen LogP contribution in [0.5, 0.6) is 0 Å². The molecule has 80 valence electrons. The summed E-state index contributed by atoms with van der Waals surface area (Å²) in [5.74, 6) is 0.0197. The summed E-state index contributed by atoms with van der Waals surface area (Å²) in [7, 11) is 0. The normalized spacial score (nSPS) is 18.3. The highest BCUT2D eigenvalue weighted by atomic mass is 16.5. The Labute approximate surface area is 85.2 Å². The summed E-state index contributed by atoms with van der Waals surface area (Å²) in [6.45, 7) is 2.82. The van der Waals surface area contributed by atoms with E-state index in [0.29, 0.717) is 6.61 Å². The Morgan fingerprint density at radius 3 is 2.64 bits per heavy atom. The molecule has 1 saturated heterocycles. The SMILES string of the molecule is CCOC(=O)C1CCB(OCN)CC1. The minimum absolute atomic E-state index is 0.0568. The van der Waals surface area contributed by atoms with Crippen molar-refractivity contribution < 1.29 is 14.2 Å². The summed E-state index contributed by atoms with van der Waals surface area (Å²) in [6, 6.07) is 0. The summed E-state index contributed by atoms with van der Waals surface area (Å²) in [5, 5.41) is 0. The van der Waals surface area contributed by atoms with E-state index in [9.17, 15) is 4.79 Å². The molecular formula is C9H18BNO3. The van der Waals surface area contributed by atoms with E-state index in [-0.39, 0.29) is 25.5 Å². The topological polar surface area (TPSA) is 61.5 Å². The Hall–Kier alpha value is -0.545. The van der Waals surface area contributed by atoms with Gasteiger partial charge in [0.05, 0.1) is 19.3 Å². The highest BCUT2D eigenvalue weighted by Crippen LogP contribution is 2.26. The third kappa shape index (κ3) is 3.31. The van der Waals surface area contributed by atoms with Crippen molar-refractivity contribution >= 4 is 12.9 Å². The van der Waals surface area contributed by atoms with Crippen LogP contribution >= 0.6 is 0 Å². The molecule has 0 bridgehead atoms. The van der Waals surface area contributed by atoms with E-state index in [0.717, 1.165) is 25.5 Å². The molecule has 1 aliphatic heterocycles. The van der Waals surface area contributed by atoms with Gasteiger partial charge in [-0.3, -0.25) is 4.79 Å². The summed E-state index contributed by atoms with van der Waals surface area (Å²) < 4.78 is 10.3. The van der Waals surface area contributed by atoms with E-state index in [4.69, 9.17) is 15.1 Å². The fourth-order valence-corrected chi connectivity index (χ4v) is 1.86. The van der Waals surface area contributed by atoms with Gasteiger partial charge in [-0.1, -0.05) is 0 Å². The molecule has 5 heteroatoms. The van der Waals surface area contributed by atoms with E-state index in [1.54, 1.807) is 0 Å². The summed E-state index contributed by atoms with van der Waals surface area (Å²) in [6.07, 6.45) is 3.56. The van der Waals surface area contributed by atoms with Crippen LogP contribution in [0.25, 0.3) is 0 Å². The molecule has 14 heavy (non-hydrogen) atoms. The van der Waals surface area contributed by atoms with Gasteiger partial charge in [0.2, 0.25) is 0 Å². The lowest BCUT2D eigenvalue weighted by Crippen LogP contribution is -2.30. The Balaban J connectivity index is 2.24. The van der Waals surface area contributed by atoms with E-state index >= 15 is 0 Å². The van der Waals surface area contributed by atoms with Gasteiger partial charge >= 0.3 is 5.97 Å². The van der Waals surface area contributed by atoms with Crippen LogP contribution in [0.4, 0.5) is 0 Å². The molecule has 1 aliphatic rings. The Kier molecular flexibility index (Phi) is 4.97. The number of nitrogens with two attached hydrogens (primary N) is 1. The van der Waals surface area contributed by atoms with Gasteiger partial charge in [0.15, 0.2) is 0 Å². The second-order valence-electron chi connectivity index (χ2n) is 3.56. The Bertz CT molecular complexity index is 181. The largest absolute Gasteiger partial charge is 0.466 e. The molecule has 1 rings (SSSR count). The molecule has 2 N–H and O–H groups in total. The van der Waals surface area contributed by atoms with Gasteiger partial charge in [-0.25, -0.2) is 0 Å². The summed E-state index contributed by atoms with van der Waals surface area (Å²) >= 11 is 0. The molecule has 0 atom stereocenters. The molecule has 0 radical (unpaired) electrons. The van der Waals surface area contributed by atoms with E-state index < -0.39 is 0 Å². The minimum atomic E-state index is -0.0568. The van der Waals surface area contributed by atoms with Crippen LogP contribution in [0.15, 0.2) is 0 Å². The van der Waals surface area contributed by atoms with Crippen LogP contribution in [0.3, 0.4) is 0 Å². The zero-order valence-electron chi connectivity index (χ0n) is 8.70. The minimum Gasteiger partial charge on any atom is -0.466 e. The van der Waals surface area contributed by atoms with Crippen LogP contribution in [-0.4, -0.2) is 26.2 Å². The molecule has 0 aromatic heterocycles. The maximum absolute atomic E-state index is 11.4. The molecule has 0 aromatic carbocycles. The van der Waals surface area contributed by atoms with Crippen molar-refractivity contribution in [3.05, 3.63) is 0 Å². The van der Waals surface area contributed by atoms with E-state index in [1.165, 1.54) is 0 Å². The van der Waals surface area contributed by atoms with Gasteiger partial charge in [0, 0.05) is 0 Å². The average Bonchev–Trinajstić information content (AvgIpc) is 2.20. The predicted molar refractivity (Wildman–Crippen MR) is 54.9 cm³/mol. The van der Waals surface area contributed by atoms with Crippen molar-refractivity contribution in [1.29, 1.82) is 0 Å². The predicted octanol–water partition coefficient (Wildman–Crippen LogP) is 0.884. The lowest BCUT2D eigenvalue weighted by Gasteiger charge is -2.24. The van der Waals surface area contributed by atoms with Crippen molar-refractivity contribution in [2.45, 2.75) is 32.4 Å². The number of ether oxygens (including phenoxy) is 1. The van der Waals surface area contributed by atoms with Gasteiger partial charge in [-0.15, -0.1) is 0 Å². The van der Waals surface area contributed by atoms with Gasteiger partial charge in [0.25, 0.3) is 6.92 Å². The van der Waals surface area contributed by atoms with Gasteiger partial charge < -0.3 is 15.1 Å². The average molecular weight is 199 g/mol. The quantitative estimate of drug-likeness (QED) is 0.414. The highest BCUT2D eigenvalue weighted by Gasteiger charge is 2.29. The third-order valence-electron chi connectivity index (χ3n) is 2.63. The molecule has 0 saturated carbocycles. The first-order valence-electron chi connectivity index (χ1n) is 5.26. The standard InChI is InChI=1S/C9H18BNO3/c1-2-13-9(12)8-3-5-10(6-4-8)14-7-11/h8H,2-7,11H2,1H3. The first kappa shape index (κ1) is 11.5. The third-order valence-corrected chi connectivity index (χ3v) is 2.63. The second kappa shape index (κ2) is 6.04. The summed E-state index contributed by atoms with van der Waals surface area (Å²) in [4.78, 5) is 11.4. The van der Waals surface area contributed by atoms with Crippen LogP contribution in [0.2, 0.25) is 12.6 Å². The smallest absolute Gasteiger partial charge is 0.308 e. The highest BCUT2D eigenvalue weighted by molar-refractivity contribution is 6.52. The van der Waals surface area contributed by atoms with Gasteiger partial charge in [-0.2, -0.15) is 0 Å². The molecule has 4 nitrogen and oxygen atoms in total. The number of rotatable bonds is 4. The van der Waals surface area contributed by atoms with E-state index in [1.807, 2.05) is 6.92 Å². The second-order valence-corrected chi connectivity index (χ2v) is 3.56. The molecular weight excluding hydrogens is 181 g/mol. The van der Waals surface area contributed by atoms with Crippen LogP contribution < -0.4 is 5.73 Å². The molecule has 1 fully saturated rings. The first-order valence-corrected chi connectivity index (χ1v) is 5.26. The molecule has 0 amide bonds. The van der Waals surface area contributed by atoms with Gasteiger partial charge in [-0.05, 0) is 32.4 Å². The van der Waals surface area contributed by atoms with Crippen LogP contribution in [0.1, 0.15) is 19.8 Å². The molecule has 0 aromatic rings. The Morgan fingerprint density at radius 1 is 1.50 bits per heavy atom. The zero-order valence-corrected chi connectivity index (χ0v) is 8.70. The van der Waals surface area contributed by atoms with Crippen molar-refractivity contribution in [2.24, 2.45) is 11.7 Å². The maximum atomic E-state index is 11.4. The number of esters is 1. The van der Waals surface area contributed by atoms with Crippen molar-refractivity contribution in [1.82, 2.24) is 0 Å². The van der Waals surface area contributed by atoms with Gasteiger partial charge in [0.1, 0.15) is 0 Å². The lowest BCUT2D eigenvalue weighted by molar-refractivity contribution is -0.148. The fraction of sp³-hybridized carbons (Fsp3) is 0.889. The first-order chi connectivity index (χ1) is 6.77. The monoisotopic (exact) mass is 199 g/mol. The maximum Gasteiger partial charge on any atom is 0.308 e. The molecule has 0 spiro atoms. The van der Waals surface area contributed by atoms with Crippen molar-refractivity contribution in [3.63, 3.8) is 0 Å². The van der Waals surface area contributed by atoms with Crippen molar-refractivity contribution in [3.8, 4) is 0 Å². The lowest BCUT2D eigenvalue weighted by atomic mass is 9.54. The molecule has 0 unspecified atom stereocenters. The molecule has 0 aliphatic carbocycles. The number of carbonyl (C=O) groups excluding carboxylic acids is 1. The summed E-state index contributed by atoms with van der Waals surface area (Å²) in [5.41, 5.74) is 5.29. The number of hydrogen-bond donors (Lipinski definition) is 1. The van der Waals surface area contributed by atoms with Crippen LogP contribution in [-0.2, 0) is 14.2 Å². The Morgan fingerprint density at radius 2 is 2.14 bits per heavy atom. The van der Waals surface area contributed by atoms with E-state index in [2.05, 4.69) is 0 Å². The van der Waals surface area contributed by atoms with Crippen molar-refractivity contribution in [2.75, 3.05) is 13.3 Å². The van der Waals surface area contributed by atoms with Crippen LogP contribution in [0, 0.1) is 5.92 Å².